The number of fused-ring (bicyclic) bond motifs is 1. The van der Waals surface area contributed by atoms with E-state index in [0.717, 1.165) is 0 Å². The second-order valence-electron chi connectivity index (χ2n) is 5.67. The summed E-state index contributed by atoms with van der Waals surface area (Å²) in [6, 6.07) is 4.14. The third-order valence-corrected chi connectivity index (χ3v) is 3.06. The van der Waals surface area contributed by atoms with Crippen LogP contribution in [0.2, 0.25) is 0 Å². The number of rotatable bonds is 3. The lowest BCUT2D eigenvalue weighted by atomic mass is 10.1. The maximum atomic E-state index is 13.2. The van der Waals surface area contributed by atoms with Gasteiger partial charge in [-0.1, -0.05) is 0 Å². The van der Waals surface area contributed by atoms with E-state index in [1.54, 1.807) is 27.8 Å². The van der Waals surface area contributed by atoms with Crippen molar-refractivity contribution in [2.45, 2.75) is 26.4 Å². The molecule has 2 aromatic rings. The van der Waals surface area contributed by atoms with Crippen LogP contribution >= 0.6 is 0 Å². The Kier molecular flexibility index (Phi) is 3.56. The molecule has 0 aliphatic heterocycles. The van der Waals surface area contributed by atoms with Gasteiger partial charge in [-0.15, -0.1) is 0 Å². The van der Waals surface area contributed by atoms with Crippen molar-refractivity contribution in [1.82, 2.24) is 4.90 Å². The number of hydrogen-bond acceptors (Lipinski definition) is 3. The summed E-state index contributed by atoms with van der Waals surface area (Å²) in [6.07, 6.45) is 0. The van der Waals surface area contributed by atoms with Crippen LogP contribution in [0.1, 0.15) is 30.0 Å². The highest BCUT2D eigenvalue weighted by Gasteiger charge is 2.25. The zero-order valence-corrected chi connectivity index (χ0v) is 12.0. The quantitative estimate of drug-likeness (QED) is 0.940. The number of amides is 1. The van der Waals surface area contributed by atoms with E-state index in [2.05, 4.69) is 0 Å². The number of hydrogen-bond donors (Lipinski definition) is 1. The molecule has 1 N–H and O–H groups in total. The Morgan fingerprint density at radius 1 is 1.45 bits per heavy atom. The van der Waals surface area contributed by atoms with Gasteiger partial charge in [-0.2, -0.15) is 0 Å². The van der Waals surface area contributed by atoms with Crippen LogP contribution in [0.3, 0.4) is 0 Å². The van der Waals surface area contributed by atoms with Gasteiger partial charge >= 0.3 is 0 Å². The van der Waals surface area contributed by atoms with Crippen molar-refractivity contribution in [2.24, 2.45) is 0 Å². The van der Waals surface area contributed by atoms with Crippen molar-refractivity contribution >= 4 is 16.9 Å². The van der Waals surface area contributed by atoms with E-state index in [0.29, 0.717) is 16.5 Å². The van der Waals surface area contributed by atoms with Gasteiger partial charge in [-0.25, -0.2) is 4.39 Å². The lowest BCUT2D eigenvalue weighted by molar-refractivity contribution is 0.0352. The highest BCUT2D eigenvalue weighted by Crippen LogP contribution is 2.27. The molecule has 0 fully saturated rings. The Bertz CT molecular complexity index is 655. The molecule has 0 saturated carbocycles. The molecule has 1 amide bonds. The highest BCUT2D eigenvalue weighted by atomic mass is 19.1. The van der Waals surface area contributed by atoms with Gasteiger partial charge in [0.1, 0.15) is 11.4 Å². The Hall–Kier alpha value is -1.88. The predicted octanol–water partition coefficient (Wildman–Crippen LogP) is 2.72. The van der Waals surface area contributed by atoms with Gasteiger partial charge in [-0.3, -0.25) is 4.79 Å². The number of nitrogens with zero attached hydrogens (tertiary/aromatic N) is 1. The van der Waals surface area contributed by atoms with Crippen molar-refractivity contribution < 1.29 is 18.7 Å². The van der Waals surface area contributed by atoms with Gasteiger partial charge in [0.25, 0.3) is 5.91 Å². The van der Waals surface area contributed by atoms with Crippen LogP contribution in [-0.2, 0) is 0 Å². The number of likely N-dealkylation sites (N-methyl/N-ethyl adjacent to an activating group) is 1. The fourth-order valence-corrected chi connectivity index (χ4v) is 2.22. The second kappa shape index (κ2) is 4.90. The normalized spacial score (nSPS) is 11.9. The Balaban J connectivity index is 2.38. The molecule has 4 nitrogen and oxygen atoms in total. The van der Waals surface area contributed by atoms with Gasteiger partial charge in [0, 0.05) is 24.5 Å². The summed E-state index contributed by atoms with van der Waals surface area (Å²) in [4.78, 5) is 13.7. The monoisotopic (exact) mass is 279 g/mol. The van der Waals surface area contributed by atoms with Crippen molar-refractivity contribution in [1.29, 1.82) is 0 Å². The van der Waals surface area contributed by atoms with Gasteiger partial charge in [0.2, 0.25) is 0 Å². The Labute approximate surface area is 116 Å². The van der Waals surface area contributed by atoms with Crippen molar-refractivity contribution in [3.05, 3.63) is 35.3 Å². The average Bonchev–Trinajstić information content (AvgIpc) is 2.64. The van der Waals surface area contributed by atoms with Crippen molar-refractivity contribution in [3.8, 4) is 0 Å². The maximum absolute atomic E-state index is 13.2. The minimum absolute atomic E-state index is 0.177. The van der Waals surface area contributed by atoms with E-state index in [-0.39, 0.29) is 24.0 Å². The number of carbonyl (C=O) groups excluding carboxylic acids is 1. The Morgan fingerprint density at radius 2 is 2.10 bits per heavy atom. The minimum Gasteiger partial charge on any atom is -0.451 e. The predicted molar refractivity (Wildman–Crippen MR) is 74.2 cm³/mol. The standard InChI is InChI=1S/C15H18FNO3/c1-9-11-7-10(16)5-6-12(11)20-13(9)14(18)17(4)8-15(2,3)19/h5-7,19H,8H2,1-4H3. The first kappa shape index (κ1) is 14.5. The molecular formula is C15H18FNO3. The molecule has 0 aliphatic carbocycles. The molecule has 0 spiro atoms. The average molecular weight is 279 g/mol. The fraction of sp³-hybridized carbons (Fsp3) is 0.400. The zero-order chi connectivity index (χ0) is 15.1. The molecule has 108 valence electrons. The molecule has 0 radical (unpaired) electrons. The molecular weight excluding hydrogens is 261 g/mol. The molecule has 0 aliphatic rings. The smallest absolute Gasteiger partial charge is 0.289 e. The summed E-state index contributed by atoms with van der Waals surface area (Å²) >= 11 is 0. The van der Waals surface area contributed by atoms with Gasteiger partial charge in [0.05, 0.1) is 5.60 Å². The van der Waals surface area contributed by atoms with Gasteiger partial charge in [0.15, 0.2) is 5.76 Å². The molecule has 0 bridgehead atoms. The summed E-state index contributed by atoms with van der Waals surface area (Å²) < 4.78 is 18.7. The third-order valence-electron chi connectivity index (χ3n) is 3.06. The van der Waals surface area contributed by atoms with Crippen LogP contribution < -0.4 is 0 Å². The van der Waals surface area contributed by atoms with Crippen LogP contribution in [0, 0.1) is 12.7 Å². The van der Waals surface area contributed by atoms with Crippen molar-refractivity contribution in [3.63, 3.8) is 0 Å². The summed E-state index contributed by atoms with van der Waals surface area (Å²) in [6.45, 7) is 5.14. The van der Waals surface area contributed by atoms with Crippen LogP contribution in [-0.4, -0.2) is 35.1 Å². The lowest BCUT2D eigenvalue weighted by Gasteiger charge is -2.24. The summed E-state index contributed by atoms with van der Waals surface area (Å²) in [5.74, 6) is -0.524. The molecule has 0 saturated heterocycles. The fourth-order valence-electron chi connectivity index (χ4n) is 2.22. The van der Waals surface area contributed by atoms with Crippen LogP contribution in [0.5, 0.6) is 0 Å². The first-order valence-electron chi connectivity index (χ1n) is 6.35. The van der Waals surface area contributed by atoms with E-state index < -0.39 is 5.60 Å². The summed E-state index contributed by atoms with van der Waals surface area (Å²) in [7, 11) is 1.59. The van der Waals surface area contributed by atoms with Crippen LogP contribution in [0.15, 0.2) is 22.6 Å². The molecule has 5 heteroatoms. The topological polar surface area (TPSA) is 53.7 Å². The Morgan fingerprint density at radius 3 is 2.70 bits per heavy atom. The van der Waals surface area contributed by atoms with Crippen LogP contribution in [0.25, 0.3) is 11.0 Å². The van der Waals surface area contributed by atoms with E-state index in [4.69, 9.17) is 4.42 Å². The van der Waals surface area contributed by atoms with Crippen molar-refractivity contribution in [2.75, 3.05) is 13.6 Å². The molecule has 1 aromatic carbocycles. The van der Waals surface area contributed by atoms with Gasteiger partial charge in [-0.05, 0) is 39.0 Å². The maximum Gasteiger partial charge on any atom is 0.289 e. The molecule has 1 heterocycles. The van der Waals surface area contributed by atoms with E-state index in [1.165, 1.54) is 23.1 Å². The molecule has 0 unspecified atom stereocenters. The molecule has 0 atom stereocenters. The molecule has 1 aromatic heterocycles. The number of benzene rings is 1. The van der Waals surface area contributed by atoms with Gasteiger partial charge < -0.3 is 14.4 Å². The van der Waals surface area contributed by atoms with E-state index >= 15 is 0 Å². The SMILES string of the molecule is Cc1c(C(=O)N(C)CC(C)(C)O)oc2ccc(F)cc12. The minimum atomic E-state index is -0.990. The number of aryl methyl sites for hydroxylation is 1. The lowest BCUT2D eigenvalue weighted by Crippen LogP contribution is -2.39. The first-order chi connectivity index (χ1) is 9.19. The first-order valence-corrected chi connectivity index (χ1v) is 6.35. The van der Waals surface area contributed by atoms with Crippen LogP contribution in [0.4, 0.5) is 4.39 Å². The number of aliphatic hydroxyl groups is 1. The molecule has 2 rings (SSSR count). The largest absolute Gasteiger partial charge is 0.451 e. The number of furan rings is 1. The van der Waals surface area contributed by atoms with E-state index in [9.17, 15) is 14.3 Å². The molecule has 20 heavy (non-hydrogen) atoms. The zero-order valence-electron chi connectivity index (χ0n) is 12.0. The third kappa shape index (κ3) is 2.82. The summed E-state index contributed by atoms with van der Waals surface area (Å²) in [5, 5.41) is 10.3. The van der Waals surface area contributed by atoms with E-state index in [1.807, 2.05) is 0 Å². The number of carbonyl (C=O) groups is 1. The summed E-state index contributed by atoms with van der Waals surface area (Å²) in [5.41, 5.74) is 0.0900. The number of halogens is 1. The highest BCUT2D eigenvalue weighted by molar-refractivity contribution is 5.98. The second-order valence-corrected chi connectivity index (χ2v) is 5.67.